The Morgan fingerprint density at radius 2 is 2.07 bits per heavy atom. The number of halogens is 1. The summed E-state index contributed by atoms with van der Waals surface area (Å²) in [5, 5.41) is 10.0. The van der Waals surface area contributed by atoms with Crippen molar-refractivity contribution in [3.63, 3.8) is 0 Å². The van der Waals surface area contributed by atoms with Crippen LogP contribution in [0.5, 0.6) is 5.75 Å². The fourth-order valence-electron chi connectivity index (χ4n) is 3.14. The number of furan rings is 1. The van der Waals surface area contributed by atoms with Gasteiger partial charge in [-0.15, -0.1) is 0 Å². The third-order valence-corrected chi connectivity index (χ3v) is 4.86. The van der Waals surface area contributed by atoms with Crippen molar-refractivity contribution < 1.29 is 19.1 Å². The molecule has 0 aliphatic rings. The van der Waals surface area contributed by atoms with E-state index in [0.29, 0.717) is 17.9 Å². The molecule has 0 spiro atoms. The summed E-state index contributed by atoms with van der Waals surface area (Å²) in [6.45, 7) is 0.926. The molecule has 0 unspecified atom stereocenters. The lowest BCUT2D eigenvalue weighted by molar-refractivity contribution is -0.136. The van der Waals surface area contributed by atoms with Gasteiger partial charge in [-0.05, 0) is 18.2 Å². The predicted octanol–water partition coefficient (Wildman–Crippen LogP) is 4.65. The molecule has 2 aromatic heterocycles. The highest BCUT2D eigenvalue weighted by atomic mass is 79.9. The van der Waals surface area contributed by atoms with E-state index in [9.17, 15) is 4.79 Å². The van der Waals surface area contributed by atoms with E-state index in [1.807, 2.05) is 29.0 Å². The van der Waals surface area contributed by atoms with Gasteiger partial charge in [0.05, 0.1) is 25.6 Å². The minimum atomic E-state index is -0.891. The number of benzene rings is 2. The first kappa shape index (κ1) is 18.3. The first-order valence-corrected chi connectivity index (χ1v) is 9.46. The van der Waals surface area contributed by atoms with Crippen LogP contribution in [0.25, 0.3) is 11.0 Å². The van der Waals surface area contributed by atoms with E-state index in [0.717, 1.165) is 26.6 Å². The highest BCUT2D eigenvalue weighted by Crippen LogP contribution is 2.30. The topological polar surface area (TPSA) is 77.5 Å². The fraction of sp³-hybridized carbons (Fsp3) is 0.143. The lowest BCUT2D eigenvalue weighted by atomic mass is 10.1. The number of hydrogen-bond acceptors (Lipinski definition) is 4. The van der Waals surface area contributed by atoms with Gasteiger partial charge < -0.3 is 18.8 Å². The minimum Gasteiger partial charge on any atom is -0.488 e. The zero-order valence-electron chi connectivity index (χ0n) is 14.8. The first-order valence-electron chi connectivity index (χ1n) is 8.67. The molecule has 0 amide bonds. The van der Waals surface area contributed by atoms with E-state index < -0.39 is 5.97 Å². The number of carboxylic acid groups (broad SMARTS) is 1. The molecule has 0 radical (unpaired) electrons. The van der Waals surface area contributed by atoms with Crippen LogP contribution in [0.4, 0.5) is 0 Å². The van der Waals surface area contributed by atoms with Crippen molar-refractivity contribution >= 4 is 32.9 Å². The van der Waals surface area contributed by atoms with Crippen molar-refractivity contribution in [3.8, 4) is 5.75 Å². The van der Waals surface area contributed by atoms with Crippen LogP contribution in [-0.4, -0.2) is 20.6 Å². The van der Waals surface area contributed by atoms with E-state index in [2.05, 4.69) is 20.9 Å². The highest BCUT2D eigenvalue weighted by Gasteiger charge is 2.14. The van der Waals surface area contributed by atoms with Gasteiger partial charge in [-0.25, -0.2) is 4.98 Å². The van der Waals surface area contributed by atoms with Crippen LogP contribution in [0.15, 0.2) is 70.3 Å². The Balaban J connectivity index is 1.60. The van der Waals surface area contributed by atoms with Crippen LogP contribution in [0.1, 0.15) is 16.7 Å². The Labute approximate surface area is 169 Å². The number of nitrogens with zero attached hydrogens (tertiary/aromatic N) is 2. The molecule has 0 atom stereocenters. The lowest BCUT2D eigenvalue weighted by Crippen LogP contribution is -2.04. The van der Waals surface area contributed by atoms with Gasteiger partial charge in [0.15, 0.2) is 0 Å². The van der Waals surface area contributed by atoms with Crippen LogP contribution >= 0.6 is 15.9 Å². The molecular weight excluding hydrogens is 424 g/mol. The fourth-order valence-corrected chi connectivity index (χ4v) is 3.64. The van der Waals surface area contributed by atoms with Gasteiger partial charge in [-0.2, -0.15) is 0 Å². The number of hydrogen-bond donors (Lipinski definition) is 1. The summed E-state index contributed by atoms with van der Waals surface area (Å²) in [5.74, 6) is -0.328. The van der Waals surface area contributed by atoms with Crippen molar-refractivity contribution in [1.29, 1.82) is 0 Å². The third kappa shape index (κ3) is 3.94. The van der Waals surface area contributed by atoms with E-state index in [1.54, 1.807) is 37.0 Å². The average molecular weight is 441 g/mol. The van der Waals surface area contributed by atoms with Gasteiger partial charge in [0.25, 0.3) is 0 Å². The number of rotatable bonds is 7. The Morgan fingerprint density at radius 3 is 2.86 bits per heavy atom. The van der Waals surface area contributed by atoms with Crippen molar-refractivity contribution in [1.82, 2.24) is 9.55 Å². The molecule has 0 aliphatic heterocycles. The second kappa shape index (κ2) is 7.90. The second-order valence-corrected chi connectivity index (χ2v) is 7.32. The molecule has 7 heteroatoms. The van der Waals surface area contributed by atoms with Gasteiger partial charge in [0, 0.05) is 38.9 Å². The number of aromatic nitrogens is 2. The summed E-state index contributed by atoms with van der Waals surface area (Å²) in [7, 11) is 0. The second-order valence-electron chi connectivity index (χ2n) is 6.40. The van der Waals surface area contributed by atoms with Gasteiger partial charge in [-0.3, -0.25) is 4.79 Å². The van der Waals surface area contributed by atoms with Crippen LogP contribution in [-0.2, 0) is 24.4 Å². The van der Waals surface area contributed by atoms with Crippen molar-refractivity contribution in [2.75, 3.05) is 0 Å². The molecular formula is C21H17BrN2O4. The third-order valence-electron chi connectivity index (χ3n) is 4.41. The summed E-state index contributed by atoms with van der Waals surface area (Å²) in [5.41, 5.74) is 3.37. The van der Waals surface area contributed by atoms with Gasteiger partial charge in [0.1, 0.15) is 17.9 Å². The van der Waals surface area contributed by atoms with Crippen molar-refractivity contribution in [2.24, 2.45) is 0 Å². The predicted molar refractivity (Wildman–Crippen MR) is 107 cm³/mol. The number of aliphatic carboxylic acids is 1. The number of imidazole rings is 1. The quantitative estimate of drug-likeness (QED) is 0.452. The maximum absolute atomic E-state index is 11.1. The SMILES string of the molecule is O=C(O)Cc1ccccc1OCc1coc2c(Cn3ccnc3)cc(Br)cc12. The number of carboxylic acids is 1. The lowest BCUT2D eigenvalue weighted by Gasteiger charge is -2.10. The number of ether oxygens (including phenoxy) is 1. The summed E-state index contributed by atoms with van der Waals surface area (Å²) in [6, 6.07) is 11.2. The molecule has 0 saturated carbocycles. The smallest absolute Gasteiger partial charge is 0.307 e. The summed E-state index contributed by atoms with van der Waals surface area (Å²) < 4.78 is 14.7. The molecule has 2 aromatic carbocycles. The molecule has 0 fully saturated rings. The normalized spacial score (nSPS) is 11.0. The zero-order chi connectivity index (χ0) is 19.5. The summed E-state index contributed by atoms with van der Waals surface area (Å²) in [6.07, 6.45) is 7.01. The van der Waals surface area contributed by atoms with E-state index >= 15 is 0 Å². The van der Waals surface area contributed by atoms with Crippen molar-refractivity contribution in [3.05, 3.63) is 82.5 Å². The summed E-state index contributed by atoms with van der Waals surface area (Å²) in [4.78, 5) is 15.1. The molecule has 2 heterocycles. The van der Waals surface area contributed by atoms with Gasteiger partial charge in [0.2, 0.25) is 0 Å². The van der Waals surface area contributed by atoms with Gasteiger partial charge in [-0.1, -0.05) is 34.1 Å². The zero-order valence-corrected chi connectivity index (χ0v) is 16.4. The van der Waals surface area contributed by atoms with Crippen LogP contribution < -0.4 is 4.74 Å². The maximum Gasteiger partial charge on any atom is 0.307 e. The Morgan fingerprint density at radius 1 is 1.21 bits per heavy atom. The Kier molecular flexibility index (Phi) is 5.16. The average Bonchev–Trinajstić information content (AvgIpc) is 3.30. The van der Waals surface area contributed by atoms with Crippen molar-refractivity contribution in [2.45, 2.75) is 19.6 Å². The first-order chi connectivity index (χ1) is 13.6. The molecule has 0 saturated heterocycles. The number of fused-ring (bicyclic) bond motifs is 1. The molecule has 1 N–H and O–H groups in total. The monoisotopic (exact) mass is 440 g/mol. The molecule has 4 aromatic rings. The van der Waals surface area contributed by atoms with E-state index in [4.69, 9.17) is 14.3 Å². The summed E-state index contributed by atoms with van der Waals surface area (Å²) >= 11 is 3.57. The highest BCUT2D eigenvalue weighted by molar-refractivity contribution is 9.10. The minimum absolute atomic E-state index is 0.0804. The molecule has 4 rings (SSSR count). The molecule has 0 aliphatic carbocycles. The van der Waals surface area contributed by atoms with Crippen LogP contribution in [0, 0.1) is 0 Å². The van der Waals surface area contributed by atoms with E-state index in [-0.39, 0.29) is 13.0 Å². The Hall–Kier alpha value is -3.06. The standard InChI is InChI=1S/C21H17BrN2O4/c22-17-7-15(10-24-6-5-23-13-24)21-18(9-17)16(12-28-21)11-27-19-4-2-1-3-14(19)8-20(25)26/h1-7,9,12-13H,8,10-11H2,(H,25,26). The van der Waals surface area contributed by atoms with E-state index in [1.165, 1.54) is 0 Å². The molecule has 6 nitrogen and oxygen atoms in total. The van der Waals surface area contributed by atoms with Crippen LogP contribution in [0.2, 0.25) is 0 Å². The maximum atomic E-state index is 11.1. The van der Waals surface area contributed by atoms with Crippen LogP contribution in [0.3, 0.4) is 0 Å². The molecule has 0 bridgehead atoms. The van der Waals surface area contributed by atoms with Gasteiger partial charge >= 0.3 is 5.97 Å². The number of carbonyl (C=O) groups is 1. The molecule has 142 valence electrons. The number of para-hydroxylation sites is 1. The Bertz CT molecular complexity index is 1120. The largest absolute Gasteiger partial charge is 0.488 e. The molecule has 28 heavy (non-hydrogen) atoms.